The molecule has 0 aliphatic heterocycles. The summed E-state index contributed by atoms with van der Waals surface area (Å²) in [6.07, 6.45) is 42.0. The molecule has 0 saturated carbocycles. The summed E-state index contributed by atoms with van der Waals surface area (Å²) in [5, 5.41) is 8.89. The van der Waals surface area contributed by atoms with Crippen molar-refractivity contribution in [3.63, 3.8) is 0 Å². The van der Waals surface area contributed by atoms with Gasteiger partial charge in [0.15, 0.2) is 6.10 Å². The van der Waals surface area contributed by atoms with Gasteiger partial charge >= 0.3 is 25.7 Å². The van der Waals surface area contributed by atoms with Gasteiger partial charge in [-0.25, -0.2) is 4.57 Å². The number of carbonyl (C=O) groups excluding carboxylic acids is 2. The molecule has 0 aliphatic carbocycles. The lowest BCUT2D eigenvalue weighted by Crippen LogP contribution is -2.34. The Morgan fingerprint density at radius 2 is 0.946 bits per heavy atom. The van der Waals surface area contributed by atoms with E-state index in [-0.39, 0.29) is 19.4 Å². The van der Waals surface area contributed by atoms with E-state index >= 15 is 0 Å². The van der Waals surface area contributed by atoms with Crippen molar-refractivity contribution in [3.8, 4) is 0 Å². The van der Waals surface area contributed by atoms with Crippen molar-refractivity contribution in [2.24, 2.45) is 5.73 Å². The lowest BCUT2D eigenvalue weighted by molar-refractivity contribution is -0.161. The first-order valence-electron chi connectivity index (χ1n) is 22.0. The molecule has 0 rings (SSSR count). The van der Waals surface area contributed by atoms with Gasteiger partial charge in [-0.15, -0.1) is 0 Å². The van der Waals surface area contributed by atoms with Gasteiger partial charge in [-0.05, 0) is 51.4 Å². The number of phosphoric ester groups is 1. The van der Waals surface area contributed by atoms with Crippen molar-refractivity contribution >= 4 is 25.7 Å². The molecule has 11 nitrogen and oxygen atoms in total. The van der Waals surface area contributed by atoms with Gasteiger partial charge in [-0.2, -0.15) is 0 Å². The first-order valence-corrected chi connectivity index (χ1v) is 23.5. The van der Waals surface area contributed by atoms with E-state index in [0.717, 1.165) is 57.8 Å². The van der Waals surface area contributed by atoms with Crippen LogP contribution in [0, 0.1) is 0 Å². The Bertz CT molecular complexity index is 1100. The van der Waals surface area contributed by atoms with E-state index in [4.69, 9.17) is 24.8 Å². The van der Waals surface area contributed by atoms with E-state index in [9.17, 15) is 23.8 Å². The van der Waals surface area contributed by atoms with Crippen molar-refractivity contribution in [1.82, 2.24) is 0 Å². The number of esters is 2. The summed E-state index contributed by atoms with van der Waals surface area (Å²) in [6, 6.07) is -1.52. The van der Waals surface area contributed by atoms with E-state index in [2.05, 4.69) is 54.8 Å². The summed E-state index contributed by atoms with van der Waals surface area (Å²) in [6.45, 7) is 2.76. The van der Waals surface area contributed by atoms with E-state index in [1.54, 1.807) is 0 Å². The maximum absolute atomic E-state index is 12.6. The zero-order valence-electron chi connectivity index (χ0n) is 35.2. The fraction of sp³-hybridized carbons (Fsp3) is 0.795. The van der Waals surface area contributed by atoms with E-state index in [1.165, 1.54) is 96.3 Å². The molecule has 12 heteroatoms. The Kier molecular flexibility index (Phi) is 37.9. The number of carbonyl (C=O) groups is 3. The third kappa shape index (κ3) is 38.6. The van der Waals surface area contributed by atoms with Crippen molar-refractivity contribution < 1.29 is 47.5 Å². The van der Waals surface area contributed by atoms with Gasteiger partial charge in [0.2, 0.25) is 0 Å². The maximum atomic E-state index is 12.6. The number of nitrogens with two attached hydrogens (primary N) is 1. The Labute approximate surface area is 340 Å². The molecule has 4 N–H and O–H groups in total. The molecule has 0 radical (unpaired) electrons. The molecule has 0 bridgehead atoms. The summed E-state index contributed by atoms with van der Waals surface area (Å²) < 4.78 is 32.7. The molecule has 0 aromatic heterocycles. The summed E-state index contributed by atoms with van der Waals surface area (Å²) in [7, 11) is -4.72. The smallest absolute Gasteiger partial charge is 0.472 e. The zero-order valence-corrected chi connectivity index (χ0v) is 36.1. The number of aliphatic carboxylic acids is 1. The first kappa shape index (κ1) is 53.7. The number of phosphoric acid groups is 1. The molecule has 0 amide bonds. The van der Waals surface area contributed by atoms with Crippen molar-refractivity contribution in [2.75, 3.05) is 19.8 Å². The van der Waals surface area contributed by atoms with Crippen LogP contribution in [0.5, 0.6) is 0 Å². The number of carboxylic acids is 1. The zero-order chi connectivity index (χ0) is 41.4. The molecule has 326 valence electrons. The van der Waals surface area contributed by atoms with Gasteiger partial charge in [-0.1, -0.05) is 166 Å². The molecule has 0 saturated heterocycles. The molecule has 0 aromatic carbocycles. The van der Waals surface area contributed by atoms with Gasteiger partial charge < -0.3 is 25.2 Å². The average Bonchev–Trinajstić information content (AvgIpc) is 3.17. The number of hydrogen-bond acceptors (Lipinski definition) is 9. The minimum atomic E-state index is -4.72. The number of carboxylic acid groups (broad SMARTS) is 1. The van der Waals surface area contributed by atoms with E-state index in [1.807, 2.05) is 0 Å². The van der Waals surface area contributed by atoms with Crippen LogP contribution in [0.4, 0.5) is 0 Å². The van der Waals surface area contributed by atoms with Gasteiger partial charge in [0.05, 0.1) is 13.2 Å². The number of unbranched alkanes of at least 4 members (excludes halogenated alkanes) is 21. The summed E-state index contributed by atoms with van der Waals surface area (Å²) in [5.41, 5.74) is 5.33. The molecule has 0 fully saturated rings. The van der Waals surface area contributed by atoms with Gasteiger partial charge in [0, 0.05) is 12.8 Å². The Morgan fingerprint density at radius 3 is 1.45 bits per heavy atom. The Hall–Kier alpha value is -2.30. The second-order valence-electron chi connectivity index (χ2n) is 14.8. The highest BCUT2D eigenvalue weighted by molar-refractivity contribution is 7.47. The molecule has 0 heterocycles. The predicted molar refractivity (Wildman–Crippen MR) is 226 cm³/mol. The number of allylic oxidation sites excluding steroid dienone is 6. The normalized spacial score (nSPS) is 14.1. The lowest BCUT2D eigenvalue weighted by Gasteiger charge is -2.20. The average molecular weight is 814 g/mol. The van der Waals surface area contributed by atoms with Gasteiger partial charge in [0.1, 0.15) is 12.6 Å². The number of rotatable bonds is 41. The highest BCUT2D eigenvalue weighted by atomic mass is 31.2. The van der Waals surface area contributed by atoms with Crippen LogP contribution >= 0.6 is 7.82 Å². The number of ether oxygens (including phenoxy) is 2. The number of hydrogen-bond donors (Lipinski definition) is 3. The standard InChI is InChI=1S/C44H80NO10P/c1-3-5-7-9-11-13-15-17-19-20-22-23-25-27-29-31-33-35-42(46)52-37-40(38-53-56(50,51)54-39-41(45)44(48)49)55-43(47)36-34-32-30-28-26-24-21-18-16-14-12-10-8-6-4-2/h11,13,17,19,22-23,40-41H,3-10,12,14-16,18,20-21,24-39,45H2,1-2H3,(H,48,49)(H,50,51)/b13-11-,19-17-,23-22-/t40-,41+/m1/s1. The van der Waals surface area contributed by atoms with Crippen LogP contribution in [-0.4, -0.2) is 59.9 Å². The fourth-order valence-electron chi connectivity index (χ4n) is 5.90. The first-order chi connectivity index (χ1) is 27.1. The molecule has 3 atom stereocenters. The van der Waals surface area contributed by atoms with Crippen molar-refractivity contribution in [3.05, 3.63) is 36.5 Å². The minimum absolute atomic E-state index is 0.159. The molecule has 1 unspecified atom stereocenters. The van der Waals surface area contributed by atoms with Crippen LogP contribution in [-0.2, 0) is 37.5 Å². The highest BCUT2D eigenvalue weighted by Crippen LogP contribution is 2.43. The molecular weight excluding hydrogens is 733 g/mol. The maximum Gasteiger partial charge on any atom is 0.472 e. The second-order valence-corrected chi connectivity index (χ2v) is 16.3. The highest BCUT2D eigenvalue weighted by Gasteiger charge is 2.28. The molecule has 0 spiro atoms. The summed E-state index contributed by atoms with van der Waals surface area (Å²) in [5.74, 6) is -2.40. The largest absolute Gasteiger partial charge is 0.480 e. The lowest BCUT2D eigenvalue weighted by atomic mass is 10.0. The van der Waals surface area contributed by atoms with Crippen LogP contribution in [0.3, 0.4) is 0 Å². The monoisotopic (exact) mass is 814 g/mol. The van der Waals surface area contributed by atoms with E-state index < -0.39 is 51.1 Å². The van der Waals surface area contributed by atoms with Crippen LogP contribution in [0.2, 0.25) is 0 Å². The summed E-state index contributed by atoms with van der Waals surface area (Å²) in [4.78, 5) is 45.9. The molecule has 0 aromatic rings. The SMILES string of the molecule is CCCCC/C=C\C/C=C\C/C=C\CCCCCCC(=O)OC[C@H](COP(=O)(O)OC[C@H](N)C(=O)O)OC(=O)CCCCCCCCCCCCCCCCC. The minimum Gasteiger partial charge on any atom is -0.480 e. The third-order valence-electron chi connectivity index (χ3n) is 9.39. The second kappa shape index (κ2) is 39.5. The quantitative estimate of drug-likeness (QED) is 0.0232. The molecule has 56 heavy (non-hydrogen) atoms. The summed E-state index contributed by atoms with van der Waals surface area (Å²) >= 11 is 0. The van der Waals surface area contributed by atoms with Crippen LogP contribution in [0.25, 0.3) is 0 Å². The molecule has 0 aliphatic rings. The Balaban J connectivity index is 4.39. The van der Waals surface area contributed by atoms with Gasteiger partial charge in [-0.3, -0.25) is 23.4 Å². The topological polar surface area (TPSA) is 172 Å². The van der Waals surface area contributed by atoms with E-state index in [0.29, 0.717) is 12.8 Å². The molecular formula is C44H80NO10P. The fourth-order valence-corrected chi connectivity index (χ4v) is 6.67. The van der Waals surface area contributed by atoms with Crippen LogP contribution in [0.15, 0.2) is 36.5 Å². The predicted octanol–water partition coefficient (Wildman–Crippen LogP) is 11.6. The van der Waals surface area contributed by atoms with Crippen molar-refractivity contribution in [1.29, 1.82) is 0 Å². The van der Waals surface area contributed by atoms with Crippen LogP contribution in [0.1, 0.15) is 194 Å². The van der Waals surface area contributed by atoms with Crippen molar-refractivity contribution in [2.45, 2.75) is 206 Å². The van der Waals surface area contributed by atoms with Gasteiger partial charge in [0.25, 0.3) is 0 Å². The van der Waals surface area contributed by atoms with Crippen LogP contribution < -0.4 is 5.73 Å². The Morgan fingerprint density at radius 1 is 0.554 bits per heavy atom. The third-order valence-corrected chi connectivity index (χ3v) is 10.3.